The molecule has 1 aliphatic heterocycles. The highest BCUT2D eigenvalue weighted by Gasteiger charge is 2.12. The predicted molar refractivity (Wildman–Crippen MR) is 29.6 cm³/mol. The molecule has 0 radical (unpaired) electrons. The Labute approximate surface area is 48.1 Å². The van der Waals surface area contributed by atoms with Gasteiger partial charge in [0.05, 0.1) is 12.7 Å². The van der Waals surface area contributed by atoms with Crippen LogP contribution in [0.15, 0.2) is 11.6 Å². The second-order valence-electron chi connectivity index (χ2n) is 1.80. The van der Waals surface area contributed by atoms with Crippen molar-refractivity contribution < 1.29 is 9.53 Å². The monoisotopic (exact) mass is 112 g/mol. The molecule has 0 amide bonds. The van der Waals surface area contributed by atoms with Crippen molar-refractivity contribution in [1.82, 2.24) is 0 Å². The van der Waals surface area contributed by atoms with E-state index in [1.165, 1.54) is 0 Å². The molecule has 0 bridgehead atoms. The van der Waals surface area contributed by atoms with E-state index in [4.69, 9.17) is 4.74 Å². The van der Waals surface area contributed by atoms with Crippen LogP contribution in [0, 0.1) is 0 Å². The van der Waals surface area contributed by atoms with Crippen molar-refractivity contribution in [3.63, 3.8) is 0 Å². The fourth-order valence-electron chi connectivity index (χ4n) is 0.695. The van der Waals surface area contributed by atoms with Crippen molar-refractivity contribution in [2.24, 2.45) is 0 Å². The molecular formula is C6H8O2. The normalized spacial score (nSPS) is 27.6. The van der Waals surface area contributed by atoms with Crippen molar-refractivity contribution in [1.29, 1.82) is 0 Å². The van der Waals surface area contributed by atoms with Crippen molar-refractivity contribution in [2.75, 3.05) is 6.61 Å². The van der Waals surface area contributed by atoms with Crippen LogP contribution in [0.3, 0.4) is 0 Å². The lowest BCUT2D eigenvalue weighted by Crippen LogP contribution is -2.03. The topological polar surface area (TPSA) is 26.3 Å². The third-order valence-corrected chi connectivity index (χ3v) is 1.27. The minimum atomic E-state index is 0.0208. The number of rotatable bonds is 1. The van der Waals surface area contributed by atoms with Gasteiger partial charge in [0.1, 0.15) is 6.29 Å². The van der Waals surface area contributed by atoms with Crippen molar-refractivity contribution in [3.05, 3.63) is 11.6 Å². The van der Waals surface area contributed by atoms with Gasteiger partial charge >= 0.3 is 0 Å². The van der Waals surface area contributed by atoms with Gasteiger partial charge in [-0.1, -0.05) is 0 Å². The lowest BCUT2D eigenvalue weighted by molar-refractivity contribution is -0.105. The average Bonchev–Trinajstić information content (AvgIpc) is 2.14. The molecule has 0 unspecified atom stereocenters. The molecule has 0 spiro atoms. The lowest BCUT2D eigenvalue weighted by atomic mass is 10.2. The van der Waals surface area contributed by atoms with E-state index in [1.807, 2.05) is 6.92 Å². The molecule has 44 valence electrons. The van der Waals surface area contributed by atoms with Crippen molar-refractivity contribution >= 4 is 6.29 Å². The largest absolute Gasteiger partial charge is 0.370 e. The standard InChI is InChI=1S/C6H8O2/c1-5-6(4-7)2-3-8-5/h2,4-5H,3H2,1H3/t5-/m1/s1. The van der Waals surface area contributed by atoms with Crippen LogP contribution >= 0.6 is 0 Å². The number of hydrogen-bond acceptors (Lipinski definition) is 2. The fraction of sp³-hybridized carbons (Fsp3) is 0.500. The van der Waals surface area contributed by atoms with Crippen LogP contribution in [-0.2, 0) is 9.53 Å². The fourth-order valence-corrected chi connectivity index (χ4v) is 0.695. The first-order chi connectivity index (χ1) is 3.84. The summed E-state index contributed by atoms with van der Waals surface area (Å²) < 4.78 is 5.03. The highest BCUT2D eigenvalue weighted by Crippen LogP contribution is 2.09. The van der Waals surface area contributed by atoms with Crippen molar-refractivity contribution in [3.8, 4) is 0 Å². The second-order valence-corrected chi connectivity index (χ2v) is 1.80. The first-order valence-electron chi connectivity index (χ1n) is 2.61. The van der Waals surface area contributed by atoms with Gasteiger partial charge in [0.15, 0.2) is 0 Å². The Hall–Kier alpha value is -0.630. The Bertz CT molecular complexity index is 126. The summed E-state index contributed by atoms with van der Waals surface area (Å²) >= 11 is 0. The van der Waals surface area contributed by atoms with E-state index in [2.05, 4.69) is 0 Å². The summed E-state index contributed by atoms with van der Waals surface area (Å²) in [7, 11) is 0. The first kappa shape index (κ1) is 5.51. The molecule has 0 saturated carbocycles. The van der Waals surface area contributed by atoms with Gasteiger partial charge in [-0.25, -0.2) is 0 Å². The van der Waals surface area contributed by atoms with E-state index in [1.54, 1.807) is 6.08 Å². The Morgan fingerprint density at radius 2 is 2.75 bits per heavy atom. The van der Waals surface area contributed by atoms with Crippen LogP contribution in [0.1, 0.15) is 6.92 Å². The zero-order chi connectivity index (χ0) is 5.98. The van der Waals surface area contributed by atoms with Gasteiger partial charge in [0, 0.05) is 5.57 Å². The van der Waals surface area contributed by atoms with Gasteiger partial charge < -0.3 is 4.74 Å². The van der Waals surface area contributed by atoms with Crippen LogP contribution in [0.25, 0.3) is 0 Å². The Balaban J connectivity index is 2.62. The summed E-state index contributed by atoms with van der Waals surface area (Å²) in [5, 5.41) is 0. The summed E-state index contributed by atoms with van der Waals surface area (Å²) in [6.07, 6.45) is 2.67. The molecule has 1 heterocycles. The molecule has 0 aliphatic carbocycles. The van der Waals surface area contributed by atoms with Gasteiger partial charge in [-0.2, -0.15) is 0 Å². The minimum Gasteiger partial charge on any atom is -0.370 e. The molecule has 0 aromatic heterocycles. The summed E-state index contributed by atoms with van der Waals surface area (Å²) in [6, 6.07) is 0. The van der Waals surface area contributed by atoms with E-state index in [-0.39, 0.29) is 6.10 Å². The number of carbonyl (C=O) groups excluding carboxylic acids is 1. The smallest absolute Gasteiger partial charge is 0.148 e. The molecule has 2 nitrogen and oxygen atoms in total. The zero-order valence-electron chi connectivity index (χ0n) is 4.76. The third kappa shape index (κ3) is 0.793. The summed E-state index contributed by atoms with van der Waals surface area (Å²) in [5.41, 5.74) is 0.769. The molecule has 0 fully saturated rings. The van der Waals surface area contributed by atoms with Gasteiger partial charge in [-0.05, 0) is 13.0 Å². The van der Waals surface area contributed by atoms with Crippen LogP contribution in [0.4, 0.5) is 0 Å². The third-order valence-electron chi connectivity index (χ3n) is 1.27. The van der Waals surface area contributed by atoms with E-state index in [0.717, 1.165) is 11.9 Å². The van der Waals surface area contributed by atoms with E-state index >= 15 is 0 Å². The van der Waals surface area contributed by atoms with Gasteiger partial charge in [-0.15, -0.1) is 0 Å². The van der Waals surface area contributed by atoms with Crippen molar-refractivity contribution in [2.45, 2.75) is 13.0 Å². The number of carbonyl (C=O) groups is 1. The molecule has 2 heteroatoms. The summed E-state index contributed by atoms with van der Waals surface area (Å²) in [4.78, 5) is 10.1. The predicted octanol–water partition coefficient (Wildman–Crippen LogP) is 0.530. The second kappa shape index (κ2) is 2.09. The molecule has 0 aromatic rings. The molecule has 0 N–H and O–H groups in total. The number of hydrogen-bond donors (Lipinski definition) is 0. The number of aldehydes is 1. The maximum atomic E-state index is 10.1. The van der Waals surface area contributed by atoms with Crippen LogP contribution in [-0.4, -0.2) is 19.0 Å². The highest BCUT2D eigenvalue weighted by molar-refractivity contribution is 5.75. The van der Waals surface area contributed by atoms with E-state index in [9.17, 15) is 4.79 Å². The zero-order valence-corrected chi connectivity index (χ0v) is 4.76. The summed E-state index contributed by atoms with van der Waals surface area (Å²) in [6.45, 7) is 2.46. The maximum absolute atomic E-state index is 10.1. The van der Waals surface area contributed by atoms with Crippen LogP contribution in [0.2, 0.25) is 0 Å². The SMILES string of the molecule is C[C@H]1OCC=C1C=O. The highest BCUT2D eigenvalue weighted by atomic mass is 16.5. The molecule has 8 heavy (non-hydrogen) atoms. The Morgan fingerprint density at radius 1 is 2.00 bits per heavy atom. The molecule has 1 aliphatic rings. The minimum absolute atomic E-state index is 0.0208. The molecule has 0 aromatic carbocycles. The Morgan fingerprint density at radius 3 is 3.00 bits per heavy atom. The first-order valence-corrected chi connectivity index (χ1v) is 2.61. The lowest BCUT2D eigenvalue weighted by Gasteiger charge is -1.99. The maximum Gasteiger partial charge on any atom is 0.148 e. The van der Waals surface area contributed by atoms with E-state index < -0.39 is 0 Å². The van der Waals surface area contributed by atoms with Gasteiger partial charge in [0.25, 0.3) is 0 Å². The quantitative estimate of drug-likeness (QED) is 0.462. The van der Waals surface area contributed by atoms with Crippen LogP contribution in [0.5, 0.6) is 0 Å². The molecule has 0 saturated heterocycles. The molecule has 1 rings (SSSR count). The van der Waals surface area contributed by atoms with E-state index in [0.29, 0.717) is 6.61 Å². The molecular weight excluding hydrogens is 104 g/mol. The average molecular weight is 112 g/mol. The summed E-state index contributed by atoms with van der Waals surface area (Å²) in [5.74, 6) is 0. The van der Waals surface area contributed by atoms with Gasteiger partial charge in [0.2, 0.25) is 0 Å². The van der Waals surface area contributed by atoms with Crippen LogP contribution < -0.4 is 0 Å². The Kier molecular flexibility index (Phi) is 1.44. The molecule has 1 atom stereocenters. The number of ether oxygens (including phenoxy) is 1. The van der Waals surface area contributed by atoms with Gasteiger partial charge in [-0.3, -0.25) is 4.79 Å².